The maximum Gasteiger partial charge on any atom is 0.118 e. The molecule has 1 aromatic carbocycles. The molecule has 1 nitrogen and oxygen atoms in total. The van der Waals surface area contributed by atoms with Crippen LogP contribution in [0.25, 0.3) is 10.9 Å². The van der Waals surface area contributed by atoms with Crippen LogP contribution >= 0.6 is 0 Å². The summed E-state index contributed by atoms with van der Waals surface area (Å²) in [5, 5.41) is 1.18. The van der Waals surface area contributed by atoms with Gasteiger partial charge in [0.05, 0.1) is 6.54 Å². The van der Waals surface area contributed by atoms with Gasteiger partial charge in [-0.25, -0.2) is 4.39 Å². The third kappa shape index (κ3) is 2.20. The van der Waals surface area contributed by atoms with Crippen LogP contribution in [0.2, 0.25) is 0 Å². The molecule has 0 fully saturated rings. The molecule has 1 aromatic heterocycles. The summed E-state index contributed by atoms with van der Waals surface area (Å²) in [4.78, 5) is 0. The molecule has 2 heteroatoms. The van der Waals surface area contributed by atoms with Crippen LogP contribution in [0.1, 0.15) is 19.8 Å². The van der Waals surface area contributed by atoms with Crippen molar-refractivity contribution in [1.82, 2.24) is 4.57 Å². The van der Waals surface area contributed by atoms with Gasteiger partial charge in [-0.3, -0.25) is 0 Å². The second kappa shape index (κ2) is 4.47. The van der Waals surface area contributed by atoms with E-state index in [0.29, 0.717) is 13.0 Å². The first-order valence-electron chi connectivity index (χ1n) is 5.49. The molecule has 15 heavy (non-hydrogen) atoms. The van der Waals surface area contributed by atoms with Crippen LogP contribution in [0.5, 0.6) is 0 Å². The zero-order valence-corrected chi connectivity index (χ0v) is 8.99. The number of fused-ring (bicyclic) bond motifs is 1. The molecule has 0 amide bonds. The Kier molecular flexibility index (Phi) is 3.05. The van der Waals surface area contributed by atoms with Crippen molar-refractivity contribution in [2.75, 3.05) is 0 Å². The number of aromatic nitrogens is 1. The van der Waals surface area contributed by atoms with Gasteiger partial charge in [0.1, 0.15) is 6.17 Å². The highest BCUT2D eigenvalue weighted by Gasteiger charge is 2.07. The van der Waals surface area contributed by atoms with Crippen molar-refractivity contribution in [3.8, 4) is 0 Å². The molecule has 1 unspecified atom stereocenters. The quantitative estimate of drug-likeness (QED) is 0.715. The van der Waals surface area contributed by atoms with E-state index in [4.69, 9.17) is 0 Å². The van der Waals surface area contributed by atoms with Gasteiger partial charge in [0.15, 0.2) is 0 Å². The zero-order chi connectivity index (χ0) is 10.7. The van der Waals surface area contributed by atoms with Gasteiger partial charge in [-0.2, -0.15) is 0 Å². The van der Waals surface area contributed by atoms with Crippen molar-refractivity contribution in [3.63, 3.8) is 0 Å². The fraction of sp³-hybridized carbons (Fsp3) is 0.385. The van der Waals surface area contributed by atoms with E-state index in [-0.39, 0.29) is 0 Å². The van der Waals surface area contributed by atoms with Crippen LogP contribution in [0, 0.1) is 0 Å². The van der Waals surface area contributed by atoms with Gasteiger partial charge in [0.25, 0.3) is 0 Å². The number of alkyl halides is 1. The van der Waals surface area contributed by atoms with E-state index in [0.717, 1.165) is 11.9 Å². The first-order valence-corrected chi connectivity index (χ1v) is 5.49. The minimum Gasteiger partial charge on any atom is -0.345 e. The van der Waals surface area contributed by atoms with Crippen LogP contribution in [-0.4, -0.2) is 10.7 Å². The van der Waals surface area contributed by atoms with E-state index < -0.39 is 6.17 Å². The lowest BCUT2D eigenvalue weighted by atomic mass is 10.2. The third-order valence-corrected chi connectivity index (χ3v) is 2.68. The zero-order valence-electron chi connectivity index (χ0n) is 8.99. The second-order valence-corrected chi connectivity index (χ2v) is 3.91. The van der Waals surface area contributed by atoms with Gasteiger partial charge < -0.3 is 4.57 Å². The second-order valence-electron chi connectivity index (χ2n) is 3.91. The Morgan fingerprint density at radius 1 is 1.27 bits per heavy atom. The first kappa shape index (κ1) is 10.2. The van der Waals surface area contributed by atoms with Gasteiger partial charge >= 0.3 is 0 Å². The summed E-state index contributed by atoms with van der Waals surface area (Å²) in [6.07, 6.45) is 2.78. The highest BCUT2D eigenvalue weighted by molar-refractivity contribution is 5.79. The first-order chi connectivity index (χ1) is 7.31. The highest BCUT2D eigenvalue weighted by Crippen LogP contribution is 2.16. The fourth-order valence-electron chi connectivity index (χ4n) is 1.92. The van der Waals surface area contributed by atoms with Crippen LogP contribution in [0.15, 0.2) is 36.5 Å². The molecule has 1 heterocycles. The summed E-state index contributed by atoms with van der Waals surface area (Å²) < 4.78 is 15.5. The Bertz CT molecular complexity index is 433. The maximum atomic E-state index is 13.5. The number of halogens is 1. The average Bonchev–Trinajstić information content (AvgIpc) is 2.62. The van der Waals surface area contributed by atoms with Crippen molar-refractivity contribution in [2.45, 2.75) is 32.5 Å². The molecule has 0 saturated heterocycles. The summed E-state index contributed by atoms with van der Waals surface area (Å²) in [6.45, 7) is 2.49. The van der Waals surface area contributed by atoms with Crippen molar-refractivity contribution >= 4 is 10.9 Å². The van der Waals surface area contributed by atoms with Crippen molar-refractivity contribution in [2.24, 2.45) is 0 Å². The lowest BCUT2D eigenvalue weighted by Crippen LogP contribution is -2.10. The predicted molar refractivity (Wildman–Crippen MR) is 61.7 cm³/mol. The average molecular weight is 205 g/mol. The molecule has 0 aliphatic heterocycles. The Labute approximate surface area is 89.5 Å². The van der Waals surface area contributed by atoms with E-state index in [2.05, 4.69) is 6.07 Å². The normalized spacial score (nSPS) is 13.2. The van der Waals surface area contributed by atoms with Crippen LogP contribution in [0.4, 0.5) is 4.39 Å². The lowest BCUT2D eigenvalue weighted by molar-refractivity contribution is 0.279. The monoisotopic (exact) mass is 205 g/mol. The molecule has 0 aliphatic carbocycles. The maximum absolute atomic E-state index is 13.5. The molecule has 2 rings (SSSR count). The molecule has 80 valence electrons. The van der Waals surface area contributed by atoms with Crippen LogP contribution in [-0.2, 0) is 6.54 Å². The Balaban J connectivity index is 2.21. The summed E-state index contributed by atoms with van der Waals surface area (Å²) in [6, 6.07) is 10.1. The number of para-hydroxylation sites is 1. The van der Waals surface area contributed by atoms with Crippen LogP contribution < -0.4 is 0 Å². The van der Waals surface area contributed by atoms with Gasteiger partial charge in [-0.05, 0) is 23.9 Å². The molecular formula is C13H16FN. The van der Waals surface area contributed by atoms with Gasteiger partial charge in [-0.1, -0.05) is 31.5 Å². The highest BCUT2D eigenvalue weighted by atomic mass is 19.1. The Morgan fingerprint density at radius 3 is 2.87 bits per heavy atom. The SMILES string of the molecule is CCCC(F)Cn1ccc2ccccc21. The largest absolute Gasteiger partial charge is 0.345 e. The summed E-state index contributed by atoms with van der Waals surface area (Å²) in [7, 11) is 0. The summed E-state index contributed by atoms with van der Waals surface area (Å²) >= 11 is 0. The number of benzene rings is 1. The molecule has 0 bridgehead atoms. The van der Waals surface area contributed by atoms with Crippen molar-refractivity contribution < 1.29 is 4.39 Å². The van der Waals surface area contributed by atoms with E-state index in [1.807, 2.05) is 42.0 Å². The predicted octanol–water partition coefficient (Wildman–Crippen LogP) is 3.78. The van der Waals surface area contributed by atoms with Gasteiger partial charge in [0, 0.05) is 11.7 Å². The molecule has 2 aromatic rings. The third-order valence-electron chi connectivity index (χ3n) is 2.68. The number of nitrogens with zero attached hydrogens (tertiary/aromatic N) is 1. The van der Waals surface area contributed by atoms with E-state index in [9.17, 15) is 4.39 Å². The van der Waals surface area contributed by atoms with Gasteiger partial charge in [0.2, 0.25) is 0 Å². The molecule has 0 spiro atoms. The molecule has 1 atom stereocenters. The van der Waals surface area contributed by atoms with E-state index in [1.54, 1.807) is 0 Å². The standard InChI is InChI=1S/C13H16FN/c1-2-5-12(14)10-15-9-8-11-6-3-4-7-13(11)15/h3-4,6-9,12H,2,5,10H2,1H3. The minimum atomic E-state index is -0.731. The molecule has 0 radical (unpaired) electrons. The molecular weight excluding hydrogens is 189 g/mol. The lowest BCUT2D eigenvalue weighted by Gasteiger charge is -2.09. The number of hydrogen-bond acceptors (Lipinski definition) is 0. The molecule has 0 saturated carbocycles. The number of rotatable bonds is 4. The van der Waals surface area contributed by atoms with Crippen LogP contribution in [0.3, 0.4) is 0 Å². The molecule has 0 aliphatic rings. The van der Waals surface area contributed by atoms with Crippen molar-refractivity contribution in [3.05, 3.63) is 36.5 Å². The summed E-state index contributed by atoms with van der Waals surface area (Å²) in [5.41, 5.74) is 1.12. The topological polar surface area (TPSA) is 4.93 Å². The Morgan fingerprint density at radius 2 is 2.07 bits per heavy atom. The molecule has 0 N–H and O–H groups in total. The smallest absolute Gasteiger partial charge is 0.118 e. The van der Waals surface area contributed by atoms with E-state index in [1.165, 1.54) is 5.39 Å². The van der Waals surface area contributed by atoms with E-state index >= 15 is 0 Å². The van der Waals surface area contributed by atoms with Gasteiger partial charge in [-0.15, -0.1) is 0 Å². The fourth-order valence-corrected chi connectivity index (χ4v) is 1.92. The van der Waals surface area contributed by atoms with Crippen molar-refractivity contribution in [1.29, 1.82) is 0 Å². The number of hydrogen-bond donors (Lipinski definition) is 0. The summed E-state index contributed by atoms with van der Waals surface area (Å²) in [5.74, 6) is 0. The Hall–Kier alpha value is -1.31. The minimum absolute atomic E-state index is 0.474.